The Hall–Kier alpha value is -1.58. The summed E-state index contributed by atoms with van der Waals surface area (Å²) in [6, 6.07) is 3.57. The van der Waals surface area contributed by atoms with Gasteiger partial charge in [-0.05, 0) is 24.5 Å². The van der Waals surface area contributed by atoms with Crippen LogP contribution in [0.1, 0.15) is 37.8 Å². The summed E-state index contributed by atoms with van der Waals surface area (Å²) in [5, 5.41) is 2.96. The quantitative estimate of drug-likeness (QED) is 0.835. The highest BCUT2D eigenvalue weighted by Crippen LogP contribution is 2.26. The van der Waals surface area contributed by atoms with Crippen molar-refractivity contribution in [3.63, 3.8) is 0 Å². The highest BCUT2D eigenvalue weighted by atomic mass is 16.1. The third-order valence-corrected chi connectivity index (χ3v) is 3.54. The molecule has 1 saturated carbocycles. The van der Waals surface area contributed by atoms with Gasteiger partial charge < -0.3 is 11.1 Å². The Labute approximate surface area is 108 Å². The Morgan fingerprint density at radius 3 is 2.83 bits per heavy atom. The summed E-state index contributed by atoms with van der Waals surface area (Å²) in [7, 11) is 0. The van der Waals surface area contributed by atoms with Crippen LogP contribution in [-0.2, 0) is 11.2 Å². The molecule has 0 saturated heterocycles. The fourth-order valence-corrected chi connectivity index (χ4v) is 2.48. The fourth-order valence-electron chi connectivity index (χ4n) is 2.48. The average Bonchev–Trinajstić information content (AvgIpc) is 2.85. The van der Waals surface area contributed by atoms with E-state index in [1.165, 1.54) is 25.7 Å². The number of hydrogen-bond acceptors (Lipinski definition) is 3. The van der Waals surface area contributed by atoms with E-state index in [0.717, 1.165) is 24.6 Å². The molecule has 0 aromatic carbocycles. The SMILES string of the molecule is Nc1ccc(CC(=O)NCCC2CCCC2)nc1. The first-order chi connectivity index (χ1) is 8.74. The highest BCUT2D eigenvalue weighted by molar-refractivity contribution is 5.78. The van der Waals surface area contributed by atoms with Gasteiger partial charge in [0.1, 0.15) is 0 Å². The number of nitrogens with two attached hydrogens (primary N) is 1. The van der Waals surface area contributed by atoms with Crippen LogP contribution in [0.3, 0.4) is 0 Å². The van der Waals surface area contributed by atoms with E-state index in [4.69, 9.17) is 5.73 Å². The second-order valence-corrected chi connectivity index (χ2v) is 5.05. The summed E-state index contributed by atoms with van der Waals surface area (Å²) in [4.78, 5) is 15.8. The van der Waals surface area contributed by atoms with Crippen molar-refractivity contribution in [2.75, 3.05) is 12.3 Å². The van der Waals surface area contributed by atoms with Gasteiger partial charge >= 0.3 is 0 Å². The van der Waals surface area contributed by atoms with Crippen molar-refractivity contribution in [3.8, 4) is 0 Å². The maximum atomic E-state index is 11.7. The molecule has 1 aromatic heterocycles. The molecule has 2 rings (SSSR count). The minimum Gasteiger partial charge on any atom is -0.397 e. The lowest BCUT2D eigenvalue weighted by Crippen LogP contribution is -2.27. The number of hydrogen-bond donors (Lipinski definition) is 2. The van der Waals surface area contributed by atoms with Gasteiger partial charge in [0.2, 0.25) is 5.91 Å². The molecule has 1 heterocycles. The maximum Gasteiger partial charge on any atom is 0.226 e. The molecule has 0 atom stereocenters. The van der Waals surface area contributed by atoms with E-state index in [9.17, 15) is 4.79 Å². The Morgan fingerprint density at radius 2 is 2.17 bits per heavy atom. The zero-order valence-corrected chi connectivity index (χ0v) is 10.7. The van der Waals surface area contributed by atoms with Gasteiger partial charge in [-0.2, -0.15) is 0 Å². The van der Waals surface area contributed by atoms with E-state index in [2.05, 4.69) is 10.3 Å². The van der Waals surface area contributed by atoms with Crippen molar-refractivity contribution in [1.82, 2.24) is 10.3 Å². The molecule has 0 bridgehead atoms. The number of nitrogens with one attached hydrogen (secondary N) is 1. The molecule has 0 spiro atoms. The first-order valence-corrected chi connectivity index (χ1v) is 6.71. The number of aromatic nitrogens is 1. The summed E-state index contributed by atoms with van der Waals surface area (Å²) in [6.07, 6.45) is 8.40. The molecule has 1 fully saturated rings. The van der Waals surface area contributed by atoms with Crippen molar-refractivity contribution in [1.29, 1.82) is 0 Å². The van der Waals surface area contributed by atoms with E-state index >= 15 is 0 Å². The van der Waals surface area contributed by atoms with Crippen LogP contribution in [0.5, 0.6) is 0 Å². The lowest BCUT2D eigenvalue weighted by atomic mass is 10.0. The Bertz CT molecular complexity index is 383. The molecule has 0 unspecified atom stereocenters. The van der Waals surface area contributed by atoms with Crippen LogP contribution in [0.2, 0.25) is 0 Å². The van der Waals surface area contributed by atoms with Gasteiger partial charge in [-0.1, -0.05) is 25.7 Å². The van der Waals surface area contributed by atoms with Crippen molar-refractivity contribution in [3.05, 3.63) is 24.0 Å². The lowest BCUT2D eigenvalue weighted by Gasteiger charge is -2.09. The van der Waals surface area contributed by atoms with Crippen molar-refractivity contribution in [2.24, 2.45) is 5.92 Å². The van der Waals surface area contributed by atoms with Gasteiger partial charge in [0.25, 0.3) is 0 Å². The predicted octanol–water partition coefficient (Wildman–Crippen LogP) is 1.90. The molecule has 3 N–H and O–H groups in total. The second-order valence-electron chi connectivity index (χ2n) is 5.05. The van der Waals surface area contributed by atoms with Crippen LogP contribution >= 0.6 is 0 Å². The number of pyridine rings is 1. The minimum absolute atomic E-state index is 0.0465. The van der Waals surface area contributed by atoms with Gasteiger partial charge in [-0.3, -0.25) is 9.78 Å². The standard InChI is InChI=1S/C14H21N3O/c15-12-5-6-13(17-10-12)9-14(18)16-8-7-11-3-1-2-4-11/h5-6,10-11H,1-4,7-9,15H2,(H,16,18). The minimum atomic E-state index is 0.0465. The lowest BCUT2D eigenvalue weighted by molar-refractivity contribution is -0.120. The number of amides is 1. The number of nitrogen functional groups attached to an aromatic ring is 1. The molecule has 1 aliphatic rings. The first kappa shape index (κ1) is 12.9. The van der Waals surface area contributed by atoms with E-state index in [0.29, 0.717) is 12.1 Å². The zero-order valence-electron chi connectivity index (χ0n) is 10.7. The summed E-state index contributed by atoms with van der Waals surface area (Å²) < 4.78 is 0. The molecule has 0 radical (unpaired) electrons. The van der Waals surface area contributed by atoms with Crippen molar-refractivity contribution >= 4 is 11.6 Å². The molecular formula is C14H21N3O. The largest absolute Gasteiger partial charge is 0.397 e. The molecule has 18 heavy (non-hydrogen) atoms. The van der Waals surface area contributed by atoms with Gasteiger partial charge in [0.05, 0.1) is 18.3 Å². The molecule has 1 amide bonds. The Kier molecular flexibility index (Phi) is 4.56. The van der Waals surface area contributed by atoms with Crippen LogP contribution in [0.15, 0.2) is 18.3 Å². The smallest absolute Gasteiger partial charge is 0.226 e. The zero-order chi connectivity index (χ0) is 12.8. The number of anilines is 1. The van der Waals surface area contributed by atoms with E-state index in [-0.39, 0.29) is 5.91 Å². The van der Waals surface area contributed by atoms with Crippen LogP contribution < -0.4 is 11.1 Å². The Balaban J connectivity index is 1.66. The van der Waals surface area contributed by atoms with Crippen LogP contribution in [-0.4, -0.2) is 17.4 Å². The molecule has 4 heteroatoms. The third kappa shape index (κ3) is 4.02. The number of carbonyl (C=O) groups is 1. The molecular weight excluding hydrogens is 226 g/mol. The summed E-state index contributed by atoms with van der Waals surface area (Å²) in [5.74, 6) is 0.866. The van der Waals surface area contributed by atoms with Gasteiger partial charge in [0.15, 0.2) is 0 Å². The summed E-state index contributed by atoms with van der Waals surface area (Å²) in [6.45, 7) is 0.790. The van der Waals surface area contributed by atoms with E-state index in [1.54, 1.807) is 18.3 Å². The van der Waals surface area contributed by atoms with Crippen LogP contribution in [0, 0.1) is 5.92 Å². The number of rotatable bonds is 5. The molecule has 1 aliphatic carbocycles. The van der Waals surface area contributed by atoms with Crippen molar-refractivity contribution < 1.29 is 4.79 Å². The highest BCUT2D eigenvalue weighted by Gasteiger charge is 2.14. The maximum absolute atomic E-state index is 11.7. The third-order valence-electron chi connectivity index (χ3n) is 3.54. The molecule has 1 aromatic rings. The normalized spacial score (nSPS) is 15.8. The molecule has 98 valence electrons. The number of carbonyl (C=O) groups excluding carboxylic acids is 1. The van der Waals surface area contributed by atoms with Crippen LogP contribution in [0.25, 0.3) is 0 Å². The van der Waals surface area contributed by atoms with Crippen LogP contribution in [0.4, 0.5) is 5.69 Å². The summed E-state index contributed by atoms with van der Waals surface area (Å²) >= 11 is 0. The van der Waals surface area contributed by atoms with E-state index < -0.39 is 0 Å². The first-order valence-electron chi connectivity index (χ1n) is 6.71. The van der Waals surface area contributed by atoms with Gasteiger partial charge in [0, 0.05) is 12.2 Å². The second kappa shape index (κ2) is 6.38. The Morgan fingerprint density at radius 1 is 1.39 bits per heavy atom. The van der Waals surface area contributed by atoms with E-state index in [1.807, 2.05) is 0 Å². The summed E-state index contributed by atoms with van der Waals surface area (Å²) in [5.41, 5.74) is 6.94. The predicted molar refractivity (Wildman–Crippen MR) is 71.9 cm³/mol. The van der Waals surface area contributed by atoms with Crippen molar-refractivity contribution in [2.45, 2.75) is 38.5 Å². The average molecular weight is 247 g/mol. The fraction of sp³-hybridized carbons (Fsp3) is 0.571. The molecule has 4 nitrogen and oxygen atoms in total. The topological polar surface area (TPSA) is 68.0 Å². The molecule has 0 aliphatic heterocycles. The van der Waals surface area contributed by atoms with Gasteiger partial charge in [-0.15, -0.1) is 0 Å². The number of nitrogens with zero attached hydrogens (tertiary/aromatic N) is 1. The van der Waals surface area contributed by atoms with Gasteiger partial charge in [-0.25, -0.2) is 0 Å². The monoisotopic (exact) mass is 247 g/mol.